The minimum absolute atomic E-state index is 0.0900. The lowest BCUT2D eigenvalue weighted by Crippen LogP contribution is -2.28. The average Bonchev–Trinajstić information content (AvgIpc) is 3.07. The molecule has 4 rings (SSSR count). The number of para-hydroxylation sites is 2. The number of rotatable bonds is 3. The molecule has 1 N–H and O–H groups in total. The molecule has 3 aromatic rings. The van der Waals surface area contributed by atoms with Crippen LogP contribution in [0.25, 0.3) is 5.69 Å². The highest BCUT2D eigenvalue weighted by Gasteiger charge is 2.25. The summed E-state index contributed by atoms with van der Waals surface area (Å²) in [5, 5.41) is 3.00. The van der Waals surface area contributed by atoms with E-state index < -0.39 is 0 Å². The second kappa shape index (κ2) is 5.85. The van der Waals surface area contributed by atoms with Gasteiger partial charge in [0, 0.05) is 0 Å². The molecular formula is C19H17N3O2. The SMILES string of the molecule is CC(NC(=O)c1ncn2c1COc1ccccc1-2)c1ccccc1. The first kappa shape index (κ1) is 14.5. The molecule has 120 valence electrons. The number of amides is 1. The number of ether oxygens (including phenoxy) is 1. The van der Waals surface area contributed by atoms with Gasteiger partial charge in [0.05, 0.1) is 17.4 Å². The predicted molar refractivity (Wildman–Crippen MR) is 90.2 cm³/mol. The van der Waals surface area contributed by atoms with Crippen molar-refractivity contribution < 1.29 is 9.53 Å². The summed E-state index contributed by atoms with van der Waals surface area (Å²) in [5.74, 6) is 0.607. The average molecular weight is 319 g/mol. The summed E-state index contributed by atoms with van der Waals surface area (Å²) < 4.78 is 7.67. The summed E-state index contributed by atoms with van der Waals surface area (Å²) in [6, 6.07) is 17.5. The number of hydrogen-bond donors (Lipinski definition) is 1. The number of imidazole rings is 1. The minimum atomic E-state index is -0.192. The van der Waals surface area contributed by atoms with Crippen LogP contribution in [0.3, 0.4) is 0 Å². The highest BCUT2D eigenvalue weighted by Crippen LogP contribution is 2.30. The second-order valence-corrected chi connectivity index (χ2v) is 5.77. The number of nitrogens with one attached hydrogen (secondary N) is 1. The van der Waals surface area contributed by atoms with E-state index in [9.17, 15) is 4.79 Å². The van der Waals surface area contributed by atoms with Crippen LogP contribution >= 0.6 is 0 Å². The molecule has 1 unspecified atom stereocenters. The molecule has 0 fully saturated rings. The number of hydrogen-bond acceptors (Lipinski definition) is 3. The van der Waals surface area contributed by atoms with Gasteiger partial charge in [0.1, 0.15) is 18.7 Å². The van der Waals surface area contributed by atoms with Gasteiger partial charge in [-0.2, -0.15) is 0 Å². The summed E-state index contributed by atoms with van der Waals surface area (Å²) in [6.07, 6.45) is 1.68. The van der Waals surface area contributed by atoms with E-state index in [0.717, 1.165) is 22.7 Å². The lowest BCUT2D eigenvalue weighted by atomic mass is 10.1. The number of fused-ring (bicyclic) bond motifs is 3. The van der Waals surface area contributed by atoms with Crippen LogP contribution in [0.2, 0.25) is 0 Å². The van der Waals surface area contributed by atoms with Gasteiger partial charge in [-0.05, 0) is 24.6 Å². The quantitative estimate of drug-likeness (QED) is 0.806. The molecule has 5 heteroatoms. The van der Waals surface area contributed by atoms with Gasteiger partial charge in [-0.3, -0.25) is 9.36 Å². The maximum absolute atomic E-state index is 12.6. The zero-order valence-electron chi connectivity index (χ0n) is 13.3. The van der Waals surface area contributed by atoms with Crippen molar-refractivity contribution >= 4 is 5.91 Å². The molecule has 1 atom stereocenters. The number of benzene rings is 2. The molecule has 1 aliphatic heterocycles. The third kappa shape index (κ3) is 2.44. The fraction of sp³-hybridized carbons (Fsp3) is 0.158. The Morgan fingerprint density at radius 1 is 1.17 bits per heavy atom. The Kier molecular flexibility index (Phi) is 3.54. The summed E-state index contributed by atoms with van der Waals surface area (Å²) in [7, 11) is 0. The maximum atomic E-state index is 12.6. The normalized spacial score (nSPS) is 13.4. The van der Waals surface area contributed by atoms with Gasteiger partial charge in [-0.15, -0.1) is 0 Å². The Hall–Kier alpha value is -3.08. The van der Waals surface area contributed by atoms with E-state index in [1.54, 1.807) is 6.33 Å². The Morgan fingerprint density at radius 3 is 2.75 bits per heavy atom. The Balaban J connectivity index is 1.60. The standard InChI is InChI=1S/C19H17N3O2/c1-13(14-7-3-2-4-8-14)21-19(23)18-16-11-24-17-10-6-5-9-15(17)22(16)12-20-18/h2-10,12-13H,11H2,1H3,(H,21,23). The predicted octanol–water partition coefficient (Wildman–Crippen LogP) is 3.26. The fourth-order valence-electron chi connectivity index (χ4n) is 2.92. The number of carbonyl (C=O) groups is 1. The fourth-order valence-corrected chi connectivity index (χ4v) is 2.92. The van der Waals surface area contributed by atoms with Crippen LogP contribution in [0.5, 0.6) is 5.75 Å². The summed E-state index contributed by atoms with van der Waals surface area (Å²) in [5.41, 5.74) is 3.14. The van der Waals surface area contributed by atoms with Gasteiger partial charge >= 0.3 is 0 Å². The molecule has 1 aliphatic rings. The molecule has 0 saturated carbocycles. The first-order chi connectivity index (χ1) is 11.7. The highest BCUT2D eigenvalue weighted by molar-refractivity contribution is 5.94. The third-order valence-electron chi connectivity index (χ3n) is 4.22. The van der Waals surface area contributed by atoms with E-state index in [-0.39, 0.29) is 11.9 Å². The highest BCUT2D eigenvalue weighted by atomic mass is 16.5. The molecule has 2 heterocycles. The monoisotopic (exact) mass is 319 g/mol. The van der Waals surface area contributed by atoms with Crippen molar-refractivity contribution in [1.82, 2.24) is 14.9 Å². The van der Waals surface area contributed by atoms with Crippen LogP contribution in [0.15, 0.2) is 60.9 Å². The molecule has 0 bridgehead atoms. The largest absolute Gasteiger partial charge is 0.485 e. The van der Waals surface area contributed by atoms with E-state index >= 15 is 0 Å². The molecule has 5 nitrogen and oxygen atoms in total. The van der Waals surface area contributed by atoms with E-state index in [1.807, 2.05) is 66.1 Å². The van der Waals surface area contributed by atoms with E-state index in [1.165, 1.54) is 0 Å². The molecule has 1 aromatic heterocycles. The Morgan fingerprint density at radius 2 is 1.92 bits per heavy atom. The van der Waals surface area contributed by atoms with Crippen LogP contribution < -0.4 is 10.1 Å². The molecule has 1 amide bonds. The lowest BCUT2D eigenvalue weighted by Gasteiger charge is -2.20. The van der Waals surface area contributed by atoms with Crippen molar-refractivity contribution in [1.29, 1.82) is 0 Å². The second-order valence-electron chi connectivity index (χ2n) is 5.77. The van der Waals surface area contributed by atoms with Crippen LogP contribution in [-0.2, 0) is 6.61 Å². The number of aromatic nitrogens is 2. The smallest absolute Gasteiger partial charge is 0.272 e. The van der Waals surface area contributed by atoms with Crippen LogP contribution in [-0.4, -0.2) is 15.5 Å². The summed E-state index contributed by atoms with van der Waals surface area (Å²) in [4.78, 5) is 16.9. The summed E-state index contributed by atoms with van der Waals surface area (Å²) >= 11 is 0. The van der Waals surface area contributed by atoms with Crippen molar-refractivity contribution in [3.63, 3.8) is 0 Å². The Bertz CT molecular complexity index is 887. The summed E-state index contributed by atoms with van der Waals surface area (Å²) in [6.45, 7) is 2.29. The first-order valence-corrected chi connectivity index (χ1v) is 7.88. The van der Waals surface area contributed by atoms with Crippen molar-refractivity contribution in [2.75, 3.05) is 0 Å². The van der Waals surface area contributed by atoms with Crippen molar-refractivity contribution in [2.24, 2.45) is 0 Å². The van der Waals surface area contributed by atoms with E-state index in [4.69, 9.17) is 4.74 Å². The molecule has 0 saturated heterocycles. The molecule has 0 aliphatic carbocycles. The van der Waals surface area contributed by atoms with Crippen LogP contribution in [0.1, 0.15) is 34.7 Å². The zero-order chi connectivity index (χ0) is 16.5. The Labute approximate surface area is 139 Å². The molecule has 0 radical (unpaired) electrons. The topological polar surface area (TPSA) is 56.2 Å². The van der Waals surface area contributed by atoms with Gasteiger partial charge in [0.2, 0.25) is 0 Å². The van der Waals surface area contributed by atoms with Crippen molar-refractivity contribution in [3.05, 3.63) is 77.9 Å². The van der Waals surface area contributed by atoms with Crippen molar-refractivity contribution in [3.8, 4) is 11.4 Å². The number of nitrogens with zero attached hydrogens (tertiary/aromatic N) is 2. The first-order valence-electron chi connectivity index (χ1n) is 7.88. The molecule has 0 spiro atoms. The van der Waals surface area contributed by atoms with E-state index in [2.05, 4.69) is 10.3 Å². The lowest BCUT2D eigenvalue weighted by molar-refractivity contribution is 0.0932. The van der Waals surface area contributed by atoms with Gasteiger partial charge < -0.3 is 10.1 Å². The van der Waals surface area contributed by atoms with Crippen LogP contribution in [0, 0.1) is 0 Å². The number of carbonyl (C=O) groups excluding carboxylic acids is 1. The van der Waals surface area contributed by atoms with Gasteiger partial charge in [-0.25, -0.2) is 4.98 Å². The molecule has 24 heavy (non-hydrogen) atoms. The maximum Gasteiger partial charge on any atom is 0.272 e. The van der Waals surface area contributed by atoms with E-state index in [0.29, 0.717) is 12.3 Å². The molecular weight excluding hydrogens is 302 g/mol. The van der Waals surface area contributed by atoms with Crippen molar-refractivity contribution in [2.45, 2.75) is 19.6 Å². The van der Waals surface area contributed by atoms with Gasteiger partial charge in [-0.1, -0.05) is 42.5 Å². The zero-order valence-corrected chi connectivity index (χ0v) is 13.3. The van der Waals surface area contributed by atoms with Gasteiger partial charge in [0.15, 0.2) is 5.69 Å². The minimum Gasteiger partial charge on any atom is -0.485 e. The van der Waals surface area contributed by atoms with Gasteiger partial charge in [0.25, 0.3) is 5.91 Å². The molecule has 2 aromatic carbocycles. The van der Waals surface area contributed by atoms with Crippen LogP contribution in [0.4, 0.5) is 0 Å². The third-order valence-corrected chi connectivity index (χ3v) is 4.22.